The molecular formula is C35H42ClN3O7S. The van der Waals surface area contributed by atoms with Crippen LogP contribution in [-0.2, 0) is 36.1 Å². The number of sulfonamides is 1. The van der Waals surface area contributed by atoms with Crippen molar-refractivity contribution in [2.45, 2.75) is 86.9 Å². The number of rotatable bonds is 2. The lowest BCUT2D eigenvalue weighted by atomic mass is 9.68. The number of fused-ring (bicyclic) bond motifs is 4. The van der Waals surface area contributed by atoms with Gasteiger partial charge < -0.3 is 24.4 Å². The van der Waals surface area contributed by atoms with E-state index < -0.39 is 33.7 Å². The van der Waals surface area contributed by atoms with Gasteiger partial charge in [-0.05, 0) is 112 Å². The first-order chi connectivity index (χ1) is 22.4. The van der Waals surface area contributed by atoms with Crippen LogP contribution >= 0.6 is 11.6 Å². The second-order valence-corrected chi connectivity index (χ2v) is 16.3. The Labute approximate surface area is 281 Å². The van der Waals surface area contributed by atoms with Crippen molar-refractivity contribution < 1.29 is 32.2 Å². The number of benzene rings is 2. The van der Waals surface area contributed by atoms with E-state index in [0.717, 1.165) is 44.9 Å². The zero-order valence-corrected chi connectivity index (χ0v) is 28.4. The van der Waals surface area contributed by atoms with Crippen LogP contribution in [0.1, 0.15) is 63.5 Å². The fourth-order valence-electron chi connectivity index (χ4n) is 7.43. The van der Waals surface area contributed by atoms with Gasteiger partial charge in [0, 0.05) is 35.5 Å². The lowest BCUT2D eigenvalue weighted by Crippen LogP contribution is -2.50. The molecule has 12 heteroatoms. The summed E-state index contributed by atoms with van der Waals surface area (Å²) >= 11 is 6.42. The first kappa shape index (κ1) is 32.3. The highest BCUT2D eigenvalue weighted by molar-refractivity contribution is 7.90. The zero-order chi connectivity index (χ0) is 33.0. The van der Waals surface area contributed by atoms with Gasteiger partial charge >= 0.3 is 6.09 Å². The number of aryl methyl sites for hydroxylation is 1. The van der Waals surface area contributed by atoms with E-state index in [0.29, 0.717) is 36.2 Å². The van der Waals surface area contributed by atoms with Gasteiger partial charge in [0.25, 0.3) is 15.9 Å². The van der Waals surface area contributed by atoms with Crippen molar-refractivity contribution in [2.75, 3.05) is 31.2 Å². The molecule has 2 saturated carbocycles. The van der Waals surface area contributed by atoms with E-state index in [4.69, 9.17) is 25.8 Å². The number of carbonyl (C=O) groups excluding carboxylic acids is 2. The minimum Gasteiger partial charge on any atom is -0.490 e. The summed E-state index contributed by atoms with van der Waals surface area (Å²) < 4.78 is 47.8. The van der Waals surface area contributed by atoms with Crippen LogP contribution in [0.25, 0.3) is 0 Å². The van der Waals surface area contributed by atoms with Crippen LogP contribution in [0.3, 0.4) is 0 Å². The van der Waals surface area contributed by atoms with E-state index in [2.05, 4.69) is 21.0 Å². The number of hydrogen-bond donors (Lipinski definition) is 2. The third-order valence-corrected chi connectivity index (χ3v) is 12.0. The lowest BCUT2D eigenvalue weighted by molar-refractivity contribution is -0.139. The summed E-state index contributed by atoms with van der Waals surface area (Å²) in [7, 11) is -4.23. The van der Waals surface area contributed by atoms with Crippen LogP contribution < -0.4 is 19.7 Å². The molecule has 2 aromatic rings. The number of amides is 2. The topological polar surface area (TPSA) is 123 Å². The van der Waals surface area contributed by atoms with E-state index >= 15 is 0 Å². The number of carbonyl (C=O) groups is 2. The third kappa shape index (κ3) is 6.58. The highest BCUT2D eigenvalue weighted by atomic mass is 35.5. The van der Waals surface area contributed by atoms with E-state index in [1.165, 1.54) is 31.0 Å². The van der Waals surface area contributed by atoms with Crippen molar-refractivity contribution in [3.05, 3.63) is 64.7 Å². The van der Waals surface area contributed by atoms with Crippen LogP contribution in [0.15, 0.2) is 53.4 Å². The Hall–Kier alpha value is -3.28. The van der Waals surface area contributed by atoms with E-state index in [9.17, 15) is 18.0 Å². The highest BCUT2D eigenvalue weighted by Gasteiger charge is 2.45. The molecule has 5 aliphatic rings. The molecule has 4 atom stereocenters. The van der Waals surface area contributed by atoms with Gasteiger partial charge in [-0.2, -0.15) is 0 Å². The zero-order valence-electron chi connectivity index (χ0n) is 26.8. The van der Waals surface area contributed by atoms with Crippen LogP contribution in [-0.4, -0.2) is 64.5 Å². The number of halogens is 1. The Morgan fingerprint density at radius 2 is 1.96 bits per heavy atom. The lowest BCUT2D eigenvalue weighted by Gasteiger charge is -2.46. The number of hydrogen-bond acceptors (Lipinski definition) is 8. The van der Waals surface area contributed by atoms with E-state index in [1.54, 1.807) is 18.2 Å². The Balaban J connectivity index is 1.28. The standard InChI is InChI=1S/C35H42ClN3O7S/c1-34(2)32(40)38-47(42,43)26-11-14-31-29(18-26)39(20-35(21-44-31)15-3-5-22-17-24(36)8-13-28(22)35)19-23-7-12-27(23)30(6-4-16-45-34)46-33(41)37-25-9-10-25/h4,6,8,11,13-14,17-18,23,25,27,30H,3,5,7,9-10,12,15-16,19-21H2,1-2H3,(H,37,41)(H,38,40)/b6-4+/t23-,27+,30-,35-/m0/s1. The van der Waals surface area contributed by atoms with Crippen molar-refractivity contribution in [2.24, 2.45) is 11.8 Å². The molecule has 2 aliphatic heterocycles. The summed E-state index contributed by atoms with van der Waals surface area (Å²) in [4.78, 5) is 28.3. The van der Waals surface area contributed by atoms with Gasteiger partial charge in [-0.3, -0.25) is 4.79 Å². The molecule has 2 N–H and O–H groups in total. The SMILES string of the molecule is CC1(C)OC/C=C/[C@H](OC(=O)NC2CC2)[C@@H]2CC[C@H]2CN2C[C@@]3(CCCc4cc(Cl)ccc43)COc3ccc(cc32)S(=O)(=O)NC1=O. The monoisotopic (exact) mass is 683 g/mol. The second-order valence-electron chi connectivity index (χ2n) is 14.2. The third-order valence-electron chi connectivity index (χ3n) is 10.5. The summed E-state index contributed by atoms with van der Waals surface area (Å²) in [5.74, 6) is 0.0202. The molecule has 1 spiro atoms. The highest BCUT2D eigenvalue weighted by Crippen LogP contribution is 2.47. The smallest absolute Gasteiger partial charge is 0.407 e. The number of alkyl carbamates (subject to hydrolysis) is 1. The Bertz CT molecular complexity index is 1710. The maximum absolute atomic E-state index is 13.6. The van der Waals surface area contributed by atoms with Crippen molar-refractivity contribution >= 4 is 39.3 Å². The molecule has 7 rings (SSSR count). The summed E-state index contributed by atoms with van der Waals surface area (Å²) in [6.45, 7) is 4.74. The maximum atomic E-state index is 13.6. The van der Waals surface area contributed by atoms with Crippen LogP contribution in [0, 0.1) is 11.8 Å². The fourth-order valence-corrected chi connectivity index (χ4v) is 8.75. The van der Waals surface area contributed by atoms with Crippen LogP contribution in [0.2, 0.25) is 5.02 Å². The second kappa shape index (κ2) is 12.3. The van der Waals surface area contributed by atoms with Gasteiger partial charge in [0.15, 0.2) is 0 Å². The Morgan fingerprint density at radius 3 is 2.72 bits per heavy atom. The Kier molecular flexibility index (Phi) is 8.45. The van der Waals surface area contributed by atoms with E-state index in [-0.39, 0.29) is 34.8 Å². The molecule has 0 aromatic heterocycles. The number of nitrogens with one attached hydrogen (secondary N) is 2. The largest absolute Gasteiger partial charge is 0.490 e. The number of nitrogens with zero attached hydrogens (tertiary/aromatic N) is 1. The van der Waals surface area contributed by atoms with Gasteiger partial charge in [-0.15, -0.1) is 0 Å². The summed E-state index contributed by atoms with van der Waals surface area (Å²) in [6.07, 6.45) is 9.24. The molecule has 2 amide bonds. The molecule has 0 radical (unpaired) electrons. The van der Waals surface area contributed by atoms with Gasteiger partial charge in [-0.25, -0.2) is 17.9 Å². The summed E-state index contributed by atoms with van der Waals surface area (Å²) in [5.41, 5.74) is 1.29. The van der Waals surface area contributed by atoms with Gasteiger partial charge in [0.1, 0.15) is 17.5 Å². The molecule has 2 fully saturated rings. The minimum absolute atomic E-state index is 0.0316. The molecule has 0 saturated heterocycles. The van der Waals surface area contributed by atoms with Crippen molar-refractivity contribution in [1.29, 1.82) is 0 Å². The van der Waals surface area contributed by atoms with Crippen LogP contribution in [0.5, 0.6) is 5.75 Å². The maximum Gasteiger partial charge on any atom is 0.407 e. The predicted octanol–water partition coefficient (Wildman–Crippen LogP) is 5.27. The molecule has 47 heavy (non-hydrogen) atoms. The first-order valence-corrected chi connectivity index (χ1v) is 18.4. The molecule has 2 aromatic carbocycles. The van der Waals surface area contributed by atoms with Gasteiger partial charge in [0.2, 0.25) is 0 Å². The summed E-state index contributed by atoms with van der Waals surface area (Å²) in [5, 5.41) is 3.64. The molecular weight excluding hydrogens is 642 g/mol. The average molecular weight is 684 g/mol. The molecule has 10 nitrogen and oxygen atoms in total. The quantitative estimate of drug-likeness (QED) is 0.411. The molecule has 2 heterocycles. The normalized spacial score (nSPS) is 30.3. The van der Waals surface area contributed by atoms with Gasteiger partial charge in [-0.1, -0.05) is 23.7 Å². The summed E-state index contributed by atoms with van der Waals surface area (Å²) in [6, 6.07) is 11.0. The number of ether oxygens (including phenoxy) is 3. The number of anilines is 1. The molecule has 2 bridgehead atoms. The molecule has 3 aliphatic carbocycles. The first-order valence-electron chi connectivity index (χ1n) is 16.6. The van der Waals surface area contributed by atoms with Crippen molar-refractivity contribution in [3.8, 4) is 5.75 Å². The molecule has 252 valence electrons. The fraction of sp³-hybridized carbons (Fsp3) is 0.543. The van der Waals surface area contributed by atoms with Crippen molar-refractivity contribution in [3.63, 3.8) is 0 Å². The van der Waals surface area contributed by atoms with E-state index in [1.807, 2.05) is 18.2 Å². The minimum atomic E-state index is -4.23. The van der Waals surface area contributed by atoms with Crippen molar-refractivity contribution in [1.82, 2.24) is 10.0 Å². The Morgan fingerprint density at radius 1 is 1.13 bits per heavy atom. The average Bonchev–Trinajstić information content (AvgIpc) is 3.84. The van der Waals surface area contributed by atoms with Crippen LogP contribution in [0.4, 0.5) is 10.5 Å². The van der Waals surface area contributed by atoms with Gasteiger partial charge in [0.05, 0.1) is 23.8 Å². The predicted molar refractivity (Wildman–Crippen MR) is 177 cm³/mol. The molecule has 0 unspecified atom stereocenters.